The fourth-order valence-corrected chi connectivity index (χ4v) is 4.75. The second-order valence-corrected chi connectivity index (χ2v) is 9.80. The number of hydrogen-bond donors (Lipinski definition) is 3. The largest absolute Gasteiger partial charge is 0.457 e. The first-order chi connectivity index (χ1) is 17.3. The van der Waals surface area contributed by atoms with E-state index in [1.54, 1.807) is 36.4 Å². The molecule has 0 unspecified atom stereocenters. The Morgan fingerprint density at radius 3 is 2.78 bits per heavy atom. The number of amides is 2. The van der Waals surface area contributed by atoms with Gasteiger partial charge in [0.2, 0.25) is 11.8 Å². The van der Waals surface area contributed by atoms with Crippen molar-refractivity contribution in [2.75, 3.05) is 10.6 Å². The van der Waals surface area contributed by atoms with Crippen molar-refractivity contribution >= 4 is 90.8 Å². The number of rotatable bonds is 7. The summed E-state index contributed by atoms with van der Waals surface area (Å²) in [6, 6.07) is 14.2. The normalized spacial score (nSPS) is 11.1. The summed E-state index contributed by atoms with van der Waals surface area (Å²) >= 11 is 18.9. The first kappa shape index (κ1) is 25.8. The summed E-state index contributed by atoms with van der Waals surface area (Å²) in [4.78, 5) is 28.5. The zero-order valence-corrected chi connectivity index (χ0v) is 22.1. The van der Waals surface area contributed by atoms with E-state index < -0.39 is 5.91 Å². The SMILES string of the molecule is CCCC(=O)Nc1nc2ccc(NC(=S)NC(=O)/C=C/c3ccc(-c4cccc(Cl)c4Cl)o3)cc2s1. The van der Waals surface area contributed by atoms with E-state index in [0.29, 0.717) is 44.4 Å². The van der Waals surface area contributed by atoms with Gasteiger partial charge in [-0.3, -0.25) is 14.9 Å². The van der Waals surface area contributed by atoms with Gasteiger partial charge in [-0.15, -0.1) is 0 Å². The number of fused-ring (bicyclic) bond motifs is 1. The Kier molecular flexibility index (Phi) is 8.37. The Morgan fingerprint density at radius 2 is 1.97 bits per heavy atom. The predicted molar refractivity (Wildman–Crippen MR) is 151 cm³/mol. The Balaban J connectivity index is 1.34. The molecule has 0 radical (unpaired) electrons. The first-order valence-electron chi connectivity index (χ1n) is 10.9. The van der Waals surface area contributed by atoms with E-state index in [1.165, 1.54) is 23.5 Å². The number of furan rings is 1. The van der Waals surface area contributed by atoms with Crippen LogP contribution in [0.4, 0.5) is 10.8 Å². The van der Waals surface area contributed by atoms with Gasteiger partial charge in [0, 0.05) is 23.7 Å². The van der Waals surface area contributed by atoms with Crippen LogP contribution in [0.1, 0.15) is 25.5 Å². The summed E-state index contributed by atoms with van der Waals surface area (Å²) < 4.78 is 6.62. The van der Waals surface area contributed by atoms with Crippen molar-refractivity contribution in [1.82, 2.24) is 10.3 Å². The fourth-order valence-electron chi connectivity index (χ4n) is 3.22. The number of benzene rings is 2. The molecule has 0 fully saturated rings. The van der Waals surface area contributed by atoms with Crippen LogP contribution in [0.5, 0.6) is 0 Å². The van der Waals surface area contributed by atoms with Gasteiger partial charge in [0.15, 0.2) is 10.2 Å². The molecule has 4 aromatic rings. The summed E-state index contributed by atoms with van der Waals surface area (Å²) in [6.07, 6.45) is 4.05. The third kappa shape index (κ3) is 6.50. The van der Waals surface area contributed by atoms with E-state index in [0.717, 1.165) is 16.6 Å². The van der Waals surface area contributed by atoms with Crippen LogP contribution < -0.4 is 16.0 Å². The third-order valence-electron chi connectivity index (χ3n) is 4.85. The molecule has 2 heterocycles. The van der Waals surface area contributed by atoms with Crippen LogP contribution in [-0.2, 0) is 9.59 Å². The molecule has 184 valence electrons. The van der Waals surface area contributed by atoms with Crippen molar-refractivity contribution in [2.24, 2.45) is 0 Å². The lowest BCUT2D eigenvalue weighted by Crippen LogP contribution is -2.32. The number of halogens is 2. The monoisotopic (exact) mass is 558 g/mol. The Hall–Kier alpha value is -3.24. The summed E-state index contributed by atoms with van der Waals surface area (Å²) in [5.74, 6) is 0.510. The molecule has 0 aliphatic carbocycles. The van der Waals surface area contributed by atoms with Gasteiger partial charge in [-0.25, -0.2) is 4.98 Å². The minimum absolute atomic E-state index is 0.0640. The molecular weight excluding hydrogens is 539 g/mol. The smallest absolute Gasteiger partial charge is 0.250 e. The summed E-state index contributed by atoms with van der Waals surface area (Å²) in [7, 11) is 0. The van der Waals surface area contributed by atoms with Crippen LogP contribution in [0.15, 0.2) is 59.0 Å². The van der Waals surface area contributed by atoms with Crippen molar-refractivity contribution in [1.29, 1.82) is 0 Å². The van der Waals surface area contributed by atoms with Crippen LogP contribution in [0.3, 0.4) is 0 Å². The standard InChI is InChI=1S/C25H20Cl2N4O3S2/c1-2-4-21(32)31-25-29-18-10-7-14(13-20(18)36-25)28-24(35)30-22(33)12-9-15-8-11-19(34-15)16-5-3-6-17(26)23(16)27/h3,5-13H,2,4H2,1H3,(H,29,31,32)(H2,28,30,33,35)/b12-9+. The molecule has 2 aromatic carbocycles. The highest BCUT2D eigenvalue weighted by atomic mass is 35.5. The van der Waals surface area contributed by atoms with Crippen molar-refractivity contribution < 1.29 is 14.0 Å². The number of carbonyl (C=O) groups excluding carboxylic acids is 2. The van der Waals surface area contributed by atoms with Gasteiger partial charge in [0.05, 0.1) is 20.3 Å². The average Bonchev–Trinajstić information content (AvgIpc) is 3.46. The predicted octanol–water partition coefficient (Wildman–Crippen LogP) is 7.13. The molecule has 0 aliphatic rings. The second-order valence-electron chi connectivity index (χ2n) is 7.58. The van der Waals surface area contributed by atoms with Crippen molar-refractivity contribution in [3.05, 3.63) is 70.4 Å². The number of carbonyl (C=O) groups is 2. The highest BCUT2D eigenvalue weighted by Crippen LogP contribution is 2.34. The fraction of sp³-hybridized carbons (Fsp3) is 0.120. The molecule has 0 spiro atoms. The molecule has 4 rings (SSSR count). The number of nitrogens with one attached hydrogen (secondary N) is 3. The van der Waals surface area contributed by atoms with Gasteiger partial charge in [-0.1, -0.05) is 47.5 Å². The molecule has 0 bridgehead atoms. The van der Waals surface area contributed by atoms with Gasteiger partial charge in [0.25, 0.3) is 0 Å². The molecule has 7 nitrogen and oxygen atoms in total. The van der Waals surface area contributed by atoms with Gasteiger partial charge in [-0.05, 0) is 67.2 Å². The van der Waals surface area contributed by atoms with Gasteiger partial charge >= 0.3 is 0 Å². The molecule has 2 aromatic heterocycles. The van der Waals surface area contributed by atoms with Gasteiger partial charge in [-0.2, -0.15) is 0 Å². The zero-order valence-electron chi connectivity index (χ0n) is 18.9. The number of nitrogens with zero attached hydrogens (tertiary/aromatic N) is 1. The quantitative estimate of drug-likeness (QED) is 0.165. The van der Waals surface area contributed by atoms with E-state index in [2.05, 4.69) is 20.9 Å². The Morgan fingerprint density at radius 1 is 1.14 bits per heavy atom. The van der Waals surface area contributed by atoms with Crippen molar-refractivity contribution in [3.8, 4) is 11.3 Å². The van der Waals surface area contributed by atoms with Gasteiger partial charge < -0.3 is 15.1 Å². The first-order valence-corrected chi connectivity index (χ1v) is 12.8. The van der Waals surface area contributed by atoms with E-state index in [1.807, 2.05) is 19.1 Å². The maximum atomic E-state index is 12.3. The number of aromatic nitrogens is 1. The van der Waals surface area contributed by atoms with Crippen molar-refractivity contribution in [3.63, 3.8) is 0 Å². The van der Waals surface area contributed by atoms with Crippen LogP contribution in [0.2, 0.25) is 10.0 Å². The number of thiazole rings is 1. The molecule has 0 saturated heterocycles. The van der Waals surface area contributed by atoms with Crippen LogP contribution in [-0.4, -0.2) is 21.9 Å². The zero-order chi connectivity index (χ0) is 25.7. The number of thiocarbonyl (C=S) groups is 1. The lowest BCUT2D eigenvalue weighted by Gasteiger charge is -2.07. The van der Waals surface area contributed by atoms with Crippen molar-refractivity contribution in [2.45, 2.75) is 19.8 Å². The molecule has 0 aliphatic heterocycles. The van der Waals surface area contributed by atoms with Gasteiger partial charge in [0.1, 0.15) is 11.5 Å². The van der Waals surface area contributed by atoms with E-state index in [9.17, 15) is 9.59 Å². The van der Waals surface area contributed by atoms with E-state index >= 15 is 0 Å². The summed E-state index contributed by atoms with van der Waals surface area (Å²) in [6.45, 7) is 1.94. The molecule has 36 heavy (non-hydrogen) atoms. The topological polar surface area (TPSA) is 96.3 Å². The molecule has 3 N–H and O–H groups in total. The maximum Gasteiger partial charge on any atom is 0.250 e. The summed E-state index contributed by atoms with van der Waals surface area (Å²) in [5, 5.41) is 9.87. The van der Waals surface area contributed by atoms with Crippen LogP contribution in [0, 0.1) is 0 Å². The minimum Gasteiger partial charge on any atom is -0.457 e. The highest BCUT2D eigenvalue weighted by Gasteiger charge is 2.11. The lowest BCUT2D eigenvalue weighted by molar-refractivity contribution is -0.116. The molecular formula is C25H20Cl2N4O3S2. The molecule has 0 atom stereocenters. The number of anilines is 2. The average molecular weight is 560 g/mol. The lowest BCUT2D eigenvalue weighted by atomic mass is 10.2. The maximum absolute atomic E-state index is 12.3. The molecule has 2 amide bonds. The van der Waals surface area contributed by atoms with Crippen LogP contribution >= 0.6 is 46.8 Å². The highest BCUT2D eigenvalue weighted by molar-refractivity contribution is 7.80. The molecule has 11 heteroatoms. The van der Waals surface area contributed by atoms with Crippen LogP contribution in [0.25, 0.3) is 27.6 Å². The Bertz CT molecular complexity index is 1480. The Labute approximate surface area is 226 Å². The summed E-state index contributed by atoms with van der Waals surface area (Å²) in [5.41, 5.74) is 2.10. The third-order valence-corrected chi connectivity index (χ3v) is 6.81. The molecule has 0 saturated carbocycles. The second kappa shape index (κ2) is 11.7. The van der Waals surface area contributed by atoms with E-state index in [4.69, 9.17) is 39.8 Å². The van der Waals surface area contributed by atoms with E-state index in [-0.39, 0.29) is 11.0 Å². The minimum atomic E-state index is -0.425. The number of hydrogen-bond acceptors (Lipinski definition) is 6.